The maximum atomic E-state index is 8.26. The van der Waals surface area contributed by atoms with E-state index >= 15 is 0 Å². The first-order chi connectivity index (χ1) is 3.81. The zero-order valence-corrected chi connectivity index (χ0v) is 4.80. The highest BCUT2D eigenvalue weighted by atomic mass is 16.3. The highest BCUT2D eigenvalue weighted by molar-refractivity contribution is 4.79. The molecule has 0 radical (unpaired) electrons. The second-order valence-corrected chi connectivity index (χ2v) is 1.44. The number of aliphatic hydroxyl groups excluding tert-OH is 1. The van der Waals surface area contributed by atoms with Crippen LogP contribution in [-0.4, -0.2) is 24.4 Å². The Labute approximate surface area is 49.2 Å². The van der Waals surface area contributed by atoms with Gasteiger partial charge in [0.15, 0.2) is 0 Å². The van der Waals surface area contributed by atoms with Crippen molar-refractivity contribution in [1.29, 1.82) is 0 Å². The molecule has 3 nitrogen and oxygen atoms in total. The Balaban J connectivity index is 2.98. The predicted molar refractivity (Wildman–Crippen MR) is 33.3 cm³/mol. The number of nitrogens with two attached hydrogens (primary N) is 1. The summed E-state index contributed by atoms with van der Waals surface area (Å²) >= 11 is 0. The monoisotopic (exact) mass is 116 g/mol. The Morgan fingerprint density at radius 1 is 1.88 bits per heavy atom. The van der Waals surface area contributed by atoms with E-state index in [1.807, 2.05) is 0 Å². The smallest absolute Gasteiger partial charge is 0.0736 e. The molecule has 0 aromatic rings. The normalized spacial score (nSPS) is 13.2. The molecule has 0 aromatic carbocycles. The van der Waals surface area contributed by atoms with Crippen molar-refractivity contribution in [3.05, 3.63) is 12.7 Å². The van der Waals surface area contributed by atoms with Gasteiger partial charge < -0.3 is 10.8 Å². The summed E-state index contributed by atoms with van der Waals surface area (Å²) in [5.74, 6) is 0. The minimum Gasteiger partial charge on any atom is -0.395 e. The van der Waals surface area contributed by atoms with Crippen molar-refractivity contribution in [1.82, 2.24) is 5.32 Å². The second-order valence-electron chi connectivity index (χ2n) is 1.44. The molecule has 0 amide bonds. The fraction of sp³-hybridized carbons (Fsp3) is 0.600. The summed E-state index contributed by atoms with van der Waals surface area (Å²) in [7, 11) is 0. The molecule has 0 spiro atoms. The molecule has 0 saturated heterocycles. The van der Waals surface area contributed by atoms with Gasteiger partial charge in [-0.15, -0.1) is 6.58 Å². The fourth-order valence-corrected chi connectivity index (χ4v) is 0.315. The lowest BCUT2D eigenvalue weighted by Crippen LogP contribution is -2.36. The first kappa shape index (κ1) is 7.62. The number of aliphatic hydroxyl groups is 1. The molecule has 0 saturated carbocycles. The first-order valence-corrected chi connectivity index (χ1v) is 2.53. The lowest BCUT2D eigenvalue weighted by atomic mass is 10.5. The highest BCUT2D eigenvalue weighted by Gasteiger charge is 1.89. The molecule has 4 N–H and O–H groups in total. The third-order valence-corrected chi connectivity index (χ3v) is 0.746. The van der Waals surface area contributed by atoms with Gasteiger partial charge in [-0.2, -0.15) is 0 Å². The van der Waals surface area contributed by atoms with E-state index in [1.165, 1.54) is 0 Å². The van der Waals surface area contributed by atoms with Crippen LogP contribution < -0.4 is 11.1 Å². The van der Waals surface area contributed by atoms with Gasteiger partial charge in [-0.05, 0) is 0 Å². The molecule has 1 atom stereocenters. The van der Waals surface area contributed by atoms with Gasteiger partial charge >= 0.3 is 0 Å². The van der Waals surface area contributed by atoms with E-state index < -0.39 is 0 Å². The molecule has 48 valence electrons. The molecular formula is C5H12N2O. The first-order valence-electron chi connectivity index (χ1n) is 2.53. The average molecular weight is 116 g/mol. The minimum atomic E-state index is -0.192. The van der Waals surface area contributed by atoms with Crippen LogP contribution in [-0.2, 0) is 0 Å². The Hall–Kier alpha value is -0.380. The number of nitrogens with one attached hydrogen (secondary N) is 1. The Bertz CT molecular complexity index is 65.4. The molecule has 1 unspecified atom stereocenters. The maximum Gasteiger partial charge on any atom is 0.0736 e. The van der Waals surface area contributed by atoms with Gasteiger partial charge in [0.05, 0.1) is 12.8 Å². The molecule has 0 aromatic heterocycles. The van der Waals surface area contributed by atoms with Crippen LogP contribution in [0.1, 0.15) is 0 Å². The molecule has 0 aliphatic carbocycles. The zero-order valence-electron chi connectivity index (χ0n) is 4.80. The van der Waals surface area contributed by atoms with E-state index in [-0.39, 0.29) is 12.8 Å². The van der Waals surface area contributed by atoms with Crippen molar-refractivity contribution in [2.24, 2.45) is 5.73 Å². The molecule has 0 rings (SSSR count). The molecule has 0 bridgehead atoms. The van der Waals surface area contributed by atoms with E-state index in [2.05, 4.69) is 11.9 Å². The molecule has 3 heteroatoms. The summed E-state index contributed by atoms with van der Waals surface area (Å²) in [6.45, 7) is 4.08. The van der Waals surface area contributed by atoms with Crippen LogP contribution in [0.4, 0.5) is 0 Å². The van der Waals surface area contributed by atoms with Crippen LogP contribution >= 0.6 is 0 Å². The average Bonchev–Trinajstić information content (AvgIpc) is 1.83. The standard InChI is InChI=1S/C5H12N2O/c1-2-5(6)7-3-4-8/h2,5,7-8H,1,3-4,6H2. The quantitative estimate of drug-likeness (QED) is 0.327. The van der Waals surface area contributed by atoms with Crippen LogP contribution in [0, 0.1) is 0 Å². The fourth-order valence-electron chi connectivity index (χ4n) is 0.315. The summed E-state index contributed by atoms with van der Waals surface area (Å²) in [5, 5.41) is 11.0. The minimum absolute atomic E-state index is 0.113. The lowest BCUT2D eigenvalue weighted by Gasteiger charge is -2.05. The molecule has 8 heavy (non-hydrogen) atoms. The molecule has 0 fully saturated rings. The van der Waals surface area contributed by atoms with Crippen molar-refractivity contribution in [3.8, 4) is 0 Å². The molecule has 0 aliphatic heterocycles. The molecular weight excluding hydrogens is 104 g/mol. The largest absolute Gasteiger partial charge is 0.395 e. The second kappa shape index (κ2) is 4.77. The summed E-state index contributed by atoms with van der Waals surface area (Å²) in [5.41, 5.74) is 5.32. The Morgan fingerprint density at radius 2 is 2.50 bits per heavy atom. The SMILES string of the molecule is C=CC(N)NCCO. The van der Waals surface area contributed by atoms with E-state index in [0.29, 0.717) is 6.54 Å². The van der Waals surface area contributed by atoms with Crippen molar-refractivity contribution in [2.75, 3.05) is 13.2 Å². The van der Waals surface area contributed by atoms with Crippen LogP contribution in [0.25, 0.3) is 0 Å². The van der Waals surface area contributed by atoms with Gasteiger partial charge in [0.2, 0.25) is 0 Å². The Morgan fingerprint density at radius 3 is 2.88 bits per heavy atom. The molecule has 0 aliphatic rings. The van der Waals surface area contributed by atoms with Crippen molar-refractivity contribution >= 4 is 0 Å². The van der Waals surface area contributed by atoms with Gasteiger partial charge in [0, 0.05) is 6.54 Å². The van der Waals surface area contributed by atoms with Crippen LogP contribution in [0.5, 0.6) is 0 Å². The van der Waals surface area contributed by atoms with E-state index in [0.717, 1.165) is 0 Å². The van der Waals surface area contributed by atoms with Crippen LogP contribution in [0.3, 0.4) is 0 Å². The number of rotatable bonds is 4. The van der Waals surface area contributed by atoms with E-state index in [4.69, 9.17) is 10.8 Å². The summed E-state index contributed by atoms with van der Waals surface area (Å²) < 4.78 is 0. The van der Waals surface area contributed by atoms with Crippen molar-refractivity contribution < 1.29 is 5.11 Å². The van der Waals surface area contributed by atoms with Gasteiger partial charge in [-0.3, -0.25) is 5.32 Å². The summed E-state index contributed by atoms with van der Waals surface area (Å²) in [6, 6.07) is 0. The Kier molecular flexibility index (Phi) is 4.54. The van der Waals surface area contributed by atoms with Crippen molar-refractivity contribution in [3.63, 3.8) is 0 Å². The van der Waals surface area contributed by atoms with E-state index in [9.17, 15) is 0 Å². The van der Waals surface area contributed by atoms with E-state index in [1.54, 1.807) is 6.08 Å². The molecule has 0 heterocycles. The van der Waals surface area contributed by atoms with Crippen molar-refractivity contribution in [2.45, 2.75) is 6.17 Å². The zero-order chi connectivity index (χ0) is 6.41. The van der Waals surface area contributed by atoms with Crippen LogP contribution in [0.15, 0.2) is 12.7 Å². The number of hydrogen-bond donors (Lipinski definition) is 3. The van der Waals surface area contributed by atoms with Gasteiger partial charge in [0.1, 0.15) is 0 Å². The summed E-state index contributed by atoms with van der Waals surface area (Å²) in [6.07, 6.45) is 1.39. The highest BCUT2D eigenvalue weighted by Crippen LogP contribution is 1.68. The van der Waals surface area contributed by atoms with Crippen LogP contribution in [0.2, 0.25) is 0 Å². The van der Waals surface area contributed by atoms with Gasteiger partial charge in [-0.25, -0.2) is 0 Å². The lowest BCUT2D eigenvalue weighted by molar-refractivity contribution is 0.289. The predicted octanol–water partition coefficient (Wildman–Crippen LogP) is -0.961. The van der Waals surface area contributed by atoms with Gasteiger partial charge in [-0.1, -0.05) is 6.08 Å². The topological polar surface area (TPSA) is 58.3 Å². The van der Waals surface area contributed by atoms with Gasteiger partial charge in [0.25, 0.3) is 0 Å². The summed E-state index contributed by atoms with van der Waals surface area (Å²) in [4.78, 5) is 0. The number of hydrogen-bond acceptors (Lipinski definition) is 3. The maximum absolute atomic E-state index is 8.26. The third kappa shape index (κ3) is 3.80. The third-order valence-electron chi connectivity index (χ3n) is 0.746.